The van der Waals surface area contributed by atoms with E-state index in [1.165, 1.54) is 17.9 Å². The lowest BCUT2D eigenvalue weighted by Crippen LogP contribution is -2.37. The molecule has 0 aliphatic heterocycles. The molecule has 3 heterocycles. The highest BCUT2D eigenvalue weighted by atomic mass is 16.5. The van der Waals surface area contributed by atoms with Crippen LogP contribution in [0.25, 0.3) is 11.2 Å². The van der Waals surface area contributed by atoms with Crippen LogP contribution in [0.15, 0.2) is 20.4 Å². The van der Waals surface area contributed by atoms with Crippen molar-refractivity contribution in [1.82, 2.24) is 28.8 Å². The van der Waals surface area contributed by atoms with Gasteiger partial charge < -0.3 is 9.09 Å². The number of hydrogen-bond donors (Lipinski definition) is 0. The summed E-state index contributed by atoms with van der Waals surface area (Å²) in [4.78, 5) is 32.8. The summed E-state index contributed by atoms with van der Waals surface area (Å²) in [6.45, 7) is 6.17. The molecule has 3 aromatic heterocycles. The molecule has 0 aromatic carbocycles. The van der Waals surface area contributed by atoms with Crippen LogP contribution in [0.5, 0.6) is 0 Å². The molecule has 3 rings (SSSR count). The second kappa shape index (κ2) is 4.90. The smallest absolute Gasteiger partial charge is 0.332 e. The highest BCUT2D eigenvalue weighted by Crippen LogP contribution is 2.19. The minimum atomic E-state index is -0.416. The maximum Gasteiger partial charge on any atom is 0.332 e. The van der Waals surface area contributed by atoms with E-state index in [0.29, 0.717) is 22.9 Å². The first kappa shape index (κ1) is 15.2. The predicted molar refractivity (Wildman–Crippen MR) is 82.3 cm³/mol. The molecule has 0 atom stereocenters. The zero-order valence-electron chi connectivity index (χ0n) is 13.7. The number of rotatable bonds is 2. The Labute approximate surface area is 131 Å². The summed E-state index contributed by atoms with van der Waals surface area (Å²) in [6, 6.07) is 0. The van der Waals surface area contributed by atoms with Gasteiger partial charge in [-0.2, -0.15) is 4.98 Å². The van der Waals surface area contributed by atoms with Gasteiger partial charge in [0.05, 0.1) is 6.33 Å². The number of nitrogens with zero attached hydrogens (tertiary/aromatic N) is 6. The molecule has 0 spiro atoms. The predicted octanol–water partition coefficient (Wildman–Crippen LogP) is 0.162. The average Bonchev–Trinajstić information content (AvgIpc) is 3.10. The van der Waals surface area contributed by atoms with Gasteiger partial charge in [-0.05, 0) is 0 Å². The Balaban J connectivity index is 2.10. The Bertz CT molecular complexity index is 998. The zero-order chi connectivity index (χ0) is 16.9. The standard InChI is InChI=1S/C14H18N6O3/c1-14(2,3)12-16-8(23-17-12)6-20-7-15-10-9(20)11(21)19(5)13(22)18(10)4/h7H,6H2,1-5H3. The summed E-state index contributed by atoms with van der Waals surface area (Å²) < 4.78 is 9.24. The molecule has 122 valence electrons. The fraction of sp³-hybridized carbons (Fsp3) is 0.500. The lowest BCUT2D eigenvalue weighted by Gasteiger charge is -2.10. The van der Waals surface area contributed by atoms with Crippen LogP contribution in [0.4, 0.5) is 0 Å². The zero-order valence-corrected chi connectivity index (χ0v) is 13.7. The van der Waals surface area contributed by atoms with E-state index in [9.17, 15) is 9.59 Å². The minimum absolute atomic E-state index is 0.215. The van der Waals surface area contributed by atoms with Crippen molar-refractivity contribution < 1.29 is 4.52 Å². The van der Waals surface area contributed by atoms with Crippen LogP contribution < -0.4 is 11.2 Å². The molecule has 23 heavy (non-hydrogen) atoms. The Hall–Kier alpha value is -2.71. The molecule has 0 N–H and O–H groups in total. The van der Waals surface area contributed by atoms with E-state index < -0.39 is 11.2 Å². The van der Waals surface area contributed by atoms with Crippen molar-refractivity contribution in [2.24, 2.45) is 14.1 Å². The number of hydrogen-bond acceptors (Lipinski definition) is 6. The molecular weight excluding hydrogens is 300 g/mol. The van der Waals surface area contributed by atoms with Crippen molar-refractivity contribution in [1.29, 1.82) is 0 Å². The summed E-state index contributed by atoms with van der Waals surface area (Å²) in [5, 5.41) is 3.96. The first-order valence-electron chi connectivity index (χ1n) is 7.14. The number of aromatic nitrogens is 6. The highest BCUT2D eigenvalue weighted by Gasteiger charge is 2.22. The quantitative estimate of drug-likeness (QED) is 0.667. The van der Waals surface area contributed by atoms with Gasteiger partial charge in [0.2, 0.25) is 5.89 Å². The number of fused-ring (bicyclic) bond motifs is 1. The molecule has 3 aromatic rings. The largest absolute Gasteiger partial charge is 0.337 e. The maximum absolute atomic E-state index is 12.4. The van der Waals surface area contributed by atoms with Crippen LogP contribution in [0.2, 0.25) is 0 Å². The van der Waals surface area contributed by atoms with E-state index in [1.807, 2.05) is 20.8 Å². The third kappa shape index (κ3) is 2.37. The molecule has 0 radical (unpaired) electrons. The fourth-order valence-electron chi connectivity index (χ4n) is 2.29. The molecule has 0 aliphatic rings. The van der Waals surface area contributed by atoms with E-state index >= 15 is 0 Å². The molecule has 0 amide bonds. The van der Waals surface area contributed by atoms with Crippen molar-refractivity contribution >= 4 is 11.2 Å². The summed E-state index contributed by atoms with van der Waals surface area (Å²) in [5.74, 6) is 0.974. The Morgan fingerprint density at radius 2 is 1.87 bits per heavy atom. The molecular formula is C14H18N6O3. The van der Waals surface area contributed by atoms with Crippen molar-refractivity contribution in [2.75, 3.05) is 0 Å². The van der Waals surface area contributed by atoms with Crippen LogP contribution >= 0.6 is 0 Å². The van der Waals surface area contributed by atoms with Gasteiger partial charge in [0.25, 0.3) is 5.56 Å². The van der Waals surface area contributed by atoms with Crippen molar-refractivity contribution in [3.63, 3.8) is 0 Å². The first-order valence-corrected chi connectivity index (χ1v) is 7.14. The van der Waals surface area contributed by atoms with Gasteiger partial charge in [0.15, 0.2) is 17.0 Å². The van der Waals surface area contributed by atoms with Crippen molar-refractivity contribution in [3.05, 3.63) is 38.9 Å². The SMILES string of the molecule is Cn1c(=O)c2c(ncn2Cc2nc(C(C)(C)C)no2)n(C)c1=O. The van der Waals surface area contributed by atoms with Gasteiger partial charge in [-0.25, -0.2) is 9.78 Å². The molecule has 0 saturated heterocycles. The van der Waals surface area contributed by atoms with E-state index in [-0.39, 0.29) is 12.0 Å². The maximum atomic E-state index is 12.4. The van der Waals surface area contributed by atoms with E-state index in [2.05, 4.69) is 15.1 Å². The van der Waals surface area contributed by atoms with E-state index in [1.54, 1.807) is 11.6 Å². The molecule has 0 unspecified atom stereocenters. The van der Waals surface area contributed by atoms with E-state index in [4.69, 9.17) is 4.52 Å². The third-order valence-electron chi connectivity index (χ3n) is 3.66. The van der Waals surface area contributed by atoms with Gasteiger partial charge in [-0.3, -0.25) is 13.9 Å². The Morgan fingerprint density at radius 3 is 2.48 bits per heavy atom. The molecule has 0 saturated carbocycles. The number of imidazole rings is 1. The first-order chi connectivity index (χ1) is 10.7. The van der Waals surface area contributed by atoms with E-state index in [0.717, 1.165) is 4.57 Å². The topological polar surface area (TPSA) is 101 Å². The average molecular weight is 318 g/mol. The van der Waals surface area contributed by atoms with Crippen LogP contribution in [0, 0.1) is 0 Å². The molecule has 0 aliphatic carbocycles. The van der Waals surface area contributed by atoms with Gasteiger partial charge in [-0.15, -0.1) is 0 Å². The van der Waals surface area contributed by atoms with Gasteiger partial charge in [-0.1, -0.05) is 25.9 Å². The van der Waals surface area contributed by atoms with Gasteiger partial charge in [0.1, 0.15) is 6.54 Å². The second-order valence-electron chi connectivity index (χ2n) is 6.51. The molecule has 0 bridgehead atoms. The molecule has 9 nitrogen and oxygen atoms in total. The van der Waals surface area contributed by atoms with Crippen LogP contribution in [-0.4, -0.2) is 28.8 Å². The highest BCUT2D eigenvalue weighted by molar-refractivity contribution is 5.70. The fourth-order valence-corrected chi connectivity index (χ4v) is 2.29. The van der Waals surface area contributed by atoms with Crippen LogP contribution in [0.1, 0.15) is 32.5 Å². The van der Waals surface area contributed by atoms with Gasteiger partial charge >= 0.3 is 5.69 Å². The normalized spacial score (nSPS) is 12.2. The van der Waals surface area contributed by atoms with Crippen molar-refractivity contribution in [3.8, 4) is 0 Å². The Morgan fingerprint density at radius 1 is 1.17 bits per heavy atom. The minimum Gasteiger partial charge on any atom is -0.337 e. The van der Waals surface area contributed by atoms with Gasteiger partial charge in [0, 0.05) is 19.5 Å². The third-order valence-corrected chi connectivity index (χ3v) is 3.66. The number of aryl methyl sites for hydroxylation is 1. The summed E-state index contributed by atoms with van der Waals surface area (Å²) in [6.07, 6.45) is 1.49. The van der Waals surface area contributed by atoms with Crippen LogP contribution in [0.3, 0.4) is 0 Å². The van der Waals surface area contributed by atoms with Crippen LogP contribution in [-0.2, 0) is 26.1 Å². The monoisotopic (exact) mass is 318 g/mol. The molecule has 9 heteroatoms. The lowest BCUT2D eigenvalue weighted by atomic mass is 9.96. The summed E-state index contributed by atoms with van der Waals surface area (Å²) in [7, 11) is 3.01. The summed E-state index contributed by atoms with van der Waals surface area (Å²) >= 11 is 0. The summed E-state index contributed by atoms with van der Waals surface area (Å²) in [5.41, 5.74) is -0.394. The molecule has 0 fully saturated rings. The lowest BCUT2D eigenvalue weighted by molar-refractivity contribution is 0.358. The van der Waals surface area contributed by atoms with Crippen molar-refractivity contribution in [2.45, 2.75) is 32.7 Å². The second-order valence-corrected chi connectivity index (χ2v) is 6.51. The Kier molecular flexibility index (Phi) is 3.24.